The number of hydrogen-bond acceptors (Lipinski definition) is 2. The molecule has 0 aromatic heterocycles. The van der Waals surface area contributed by atoms with Gasteiger partial charge in [-0.15, -0.1) is 6.58 Å². The Labute approximate surface area is 168 Å². The highest BCUT2D eigenvalue weighted by molar-refractivity contribution is 5.84. The van der Waals surface area contributed by atoms with Gasteiger partial charge in [0.2, 0.25) is 5.91 Å². The SMILES string of the molecule is C=C[C@@H](OC1CCCCC1)[C@H](C(=O)NCc1ccccc1)c1ccc(C)cc1. The normalized spacial score (nSPS) is 16.9. The Balaban J connectivity index is 1.77. The Hall–Kier alpha value is -2.39. The fraction of sp³-hybridized carbons (Fsp3) is 0.400. The van der Waals surface area contributed by atoms with E-state index in [0.717, 1.165) is 24.0 Å². The fourth-order valence-electron chi connectivity index (χ4n) is 3.85. The Morgan fingerprint density at radius 3 is 2.43 bits per heavy atom. The Morgan fingerprint density at radius 1 is 1.11 bits per heavy atom. The van der Waals surface area contributed by atoms with E-state index in [2.05, 4.69) is 18.8 Å². The number of ether oxygens (including phenoxy) is 1. The molecule has 0 aliphatic heterocycles. The van der Waals surface area contributed by atoms with Crippen molar-refractivity contribution >= 4 is 5.91 Å². The molecule has 3 nitrogen and oxygen atoms in total. The van der Waals surface area contributed by atoms with Gasteiger partial charge in [-0.2, -0.15) is 0 Å². The smallest absolute Gasteiger partial charge is 0.230 e. The standard InChI is InChI=1S/C25H31NO2/c1-3-23(28-22-12-8-5-9-13-22)24(21-16-14-19(2)15-17-21)25(27)26-18-20-10-6-4-7-11-20/h3-4,6-7,10-11,14-17,22-24H,1,5,8-9,12-13,18H2,2H3,(H,26,27)/t23-,24-/m1/s1. The van der Waals surface area contributed by atoms with Gasteiger partial charge in [0.1, 0.15) is 0 Å². The summed E-state index contributed by atoms with van der Waals surface area (Å²) in [5.74, 6) is -0.419. The molecule has 28 heavy (non-hydrogen) atoms. The summed E-state index contributed by atoms with van der Waals surface area (Å²) in [6.45, 7) is 6.55. The highest BCUT2D eigenvalue weighted by atomic mass is 16.5. The fourth-order valence-corrected chi connectivity index (χ4v) is 3.85. The number of amides is 1. The highest BCUT2D eigenvalue weighted by Gasteiger charge is 2.31. The predicted molar refractivity (Wildman–Crippen MR) is 114 cm³/mol. The molecule has 1 aliphatic carbocycles. The van der Waals surface area contributed by atoms with Crippen LogP contribution >= 0.6 is 0 Å². The summed E-state index contributed by atoms with van der Waals surface area (Å²) < 4.78 is 6.38. The van der Waals surface area contributed by atoms with E-state index in [4.69, 9.17) is 4.74 Å². The number of carbonyl (C=O) groups excluding carboxylic acids is 1. The lowest BCUT2D eigenvalue weighted by Crippen LogP contribution is -2.38. The molecule has 1 amide bonds. The second kappa shape index (κ2) is 10.2. The van der Waals surface area contributed by atoms with Gasteiger partial charge in [0, 0.05) is 6.54 Å². The molecule has 2 aromatic rings. The minimum atomic E-state index is -0.399. The van der Waals surface area contributed by atoms with Crippen LogP contribution in [0.4, 0.5) is 0 Å². The lowest BCUT2D eigenvalue weighted by molar-refractivity contribution is -0.127. The minimum Gasteiger partial charge on any atom is -0.370 e. The number of benzene rings is 2. The van der Waals surface area contributed by atoms with E-state index in [-0.39, 0.29) is 18.1 Å². The van der Waals surface area contributed by atoms with Gasteiger partial charge in [-0.3, -0.25) is 4.79 Å². The van der Waals surface area contributed by atoms with Gasteiger partial charge in [-0.25, -0.2) is 0 Å². The molecular weight excluding hydrogens is 346 g/mol. The predicted octanol–water partition coefficient (Wildman–Crippen LogP) is 5.30. The van der Waals surface area contributed by atoms with E-state index in [1.807, 2.05) is 54.6 Å². The number of rotatable bonds is 8. The topological polar surface area (TPSA) is 38.3 Å². The van der Waals surface area contributed by atoms with E-state index >= 15 is 0 Å². The third-order valence-corrected chi connectivity index (χ3v) is 5.49. The van der Waals surface area contributed by atoms with Crippen molar-refractivity contribution in [2.75, 3.05) is 0 Å². The van der Waals surface area contributed by atoms with Crippen LogP contribution in [0.15, 0.2) is 67.3 Å². The van der Waals surface area contributed by atoms with Crippen molar-refractivity contribution in [1.29, 1.82) is 0 Å². The van der Waals surface area contributed by atoms with Crippen LogP contribution in [0.5, 0.6) is 0 Å². The summed E-state index contributed by atoms with van der Waals surface area (Å²) >= 11 is 0. The van der Waals surface area contributed by atoms with Gasteiger partial charge >= 0.3 is 0 Å². The number of nitrogens with one attached hydrogen (secondary N) is 1. The molecule has 1 aliphatic rings. The molecule has 0 saturated heterocycles. The molecule has 2 atom stereocenters. The number of carbonyl (C=O) groups is 1. The van der Waals surface area contributed by atoms with Crippen molar-refractivity contribution < 1.29 is 9.53 Å². The summed E-state index contributed by atoms with van der Waals surface area (Å²) in [5, 5.41) is 3.10. The Morgan fingerprint density at radius 2 is 1.79 bits per heavy atom. The van der Waals surface area contributed by atoms with Crippen molar-refractivity contribution in [3.8, 4) is 0 Å². The second-order valence-corrected chi connectivity index (χ2v) is 7.69. The molecule has 2 aromatic carbocycles. The lowest BCUT2D eigenvalue weighted by Gasteiger charge is -2.30. The molecular formula is C25H31NO2. The van der Waals surface area contributed by atoms with Crippen LogP contribution < -0.4 is 5.32 Å². The molecule has 3 heteroatoms. The van der Waals surface area contributed by atoms with Gasteiger partial charge in [0.25, 0.3) is 0 Å². The molecule has 1 saturated carbocycles. The van der Waals surface area contributed by atoms with Crippen molar-refractivity contribution in [2.45, 2.75) is 63.7 Å². The van der Waals surface area contributed by atoms with Gasteiger partial charge in [-0.05, 0) is 30.9 Å². The first-order valence-corrected chi connectivity index (χ1v) is 10.3. The zero-order valence-electron chi connectivity index (χ0n) is 16.8. The molecule has 0 unspecified atom stereocenters. The molecule has 148 valence electrons. The lowest BCUT2D eigenvalue weighted by atomic mass is 9.90. The van der Waals surface area contributed by atoms with Crippen LogP contribution in [0.2, 0.25) is 0 Å². The molecule has 0 bridgehead atoms. The maximum atomic E-state index is 13.2. The average Bonchev–Trinajstić information content (AvgIpc) is 2.74. The first kappa shape index (κ1) is 20.3. The molecule has 0 spiro atoms. The van der Waals surface area contributed by atoms with Crippen LogP contribution in [0.3, 0.4) is 0 Å². The maximum Gasteiger partial charge on any atom is 0.230 e. The molecule has 1 fully saturated rings. The van der Waals surface area contributed by atoms with Crippen molar-refractivity contribution in [3.05, 3.63) is 83.9 Å². The monoisotopic (exact) mass is 377 g/mol. The summed E-state index contributed by atoms with van der Waals surface area (Å²) in [6.07, 6.45) is 7.48. The van der Waals surface area contributed by atoms with Gasteiger partial charge < -0.3 is 10.1 Å². The van der Waals surface area contributed by atoms with Crippen molar-refractivity contribution in [1.82, 2.24) is 5.32 Å². The van der Waals surface area contributed by atoms with E-state index in [0.29, 0.717) is 6.54 Å². The van der Waals surface area contributed by atoms with Crippen molar-refractivity contribution in [3.63, 3.8) is 0 Å². The Bertz CT molecular complexity index is 748. The molecule has 1 N–H and O–H groups in total. The zero-order chi connectivity index (χ0) is 19.8. The second-order valence-electron chi connectivity index (χ2n) is 7.69. The first-order valence-electron chi connectivity index (χ1n) is 10.3. The summed E-state index contributed by atoms with van der Waals surface area (Å²) in [4.78, 5) is 13.2. The van der Waals surface area contributed by atoms with E-state index < -0.39 is 5.92 Å². The van der Waals surface area contributed by atoms with E-state index in [1.54, 1.807) is 6.08 Å². The van der Waals surface area contributed by atoms with Crippen LogP contribution in [-0.4, -0.2) is 18.1 Å². The Kier molecular flexibility index (Phi) is 7.44. The number of hydrogen-bond donors (Lipinski definition) is 1. The first-order chi connectivity index (χ1) is 13.7. The van der Waals surface area contributed by atoms with E-state index in [9.17, 15) is 4.79 Å². The molecule has 0 heterocycles. The average molecular weight is 378 g/mol. The van der Waals surface area contributed by atoms with Gasteiger partial charge in [0.15, 0.2) is 0 Å². The summed E-state index contributed by atoms with van der Waals surface area (Å²) in [7, 11) is 0. The zero-order valence-corrected chi connectivity index (χ0v) is 16.8. The third-order valence-electron chi connectivity index (χ3n) is 5.49. The minimum absolute atomic E-state index is 0.0200. The number of aryl methyl sites for hydroxylation is 1. The van der Waals surface area contributed by atoms with E-state index in [1.165, 1.54) is 24.8 Å². The maximum absolute atomic E-state index is 13.2. The largest absolute Gasteiger partial charge is 0.370 e. The van der Waals surface area contributed by atoms with Crippen LogP contribution in [-0.2, 0) is 16.1 Å². The molecule has 3 rings (SSSR count). The summed E-state index contributed by atoms with van der Waals surface area (Å²) in [5.41, 5.74) is 3.23. The third kappa shape index (κ3) is 5.56. The molecule has 0 radical (unpaired) electrons. The van der Waals surface area contributed by atoms with Crippen LogP contribution in [0, 0.1) is 6.92 Å². The van der Waals surface area contributed by atoms with Crippen molar-refractivity contribution in [2.24, 2.45) is 0 Å². The van der Waals surface area contributed by atoms with Gasteiger partial charge in [-0.1, -0.05) is 85.5 Å². The van der Waals surface area contributed by atoms with Crippen LogP contribution in [0.1, 0.15) is 54.7 Å². The summed E-state index contributed by atoms with van der Waals surface area (Å²) in [6, 6.07) is 18.1. The van der Waals surface area contributed by atoms with Crippen LogP contribution in [0.25, 0.3) is 0 Å². The quantitative estimate of drug-likeness (QED) is 0.634. The van der Waals surface area contributed by atoms with Gasteiger partial charge in [0.05, 0.1) is 18.1 Å². The highest BCUT2D eigenvalue weighted by Crippen LogP contribution is 2.29.